The second-order valence-electron chi connectivity index (χ2n) is 11.3. The first-order valence-electron chi connectivity index (χ1n) is 11.1. The molecule has 6 aliphatic carbocycles. The Balaban J connectivity index is 0.000000141. The lowest BCUT2D eigenvalue weighted by Gasteiger charge is -2.62. The maximum absolute atomic E-state index is 2.49. The molecule has 0 radical (unpaired) electrons. The van der Waals surface area contributed by atoms with E-state index >= 15 is 0 Å². The molecule has 0 nitrogen and oxygen atoms in total. The summed E-state index contributed by atoms with van der Waals surface area (Å²) < 4.78 is 0. The minimum absolute atomic E-state index is 0.688. The van der Waals surface area contributed by atoms with Crippen LogP contribution >= 0.6 is 0 Å². The lowest BCUT2D eigenvalue weighted by atomic mass is 9.43. The lowest BCUT2D eigenvalue weighted by molar-refractivity contribution is -0.131. The van der Waals surface area contributed by atoms with E-state index in [2.05, 4.69) is 55.4 Å². The van der Waals surface area contributed by atoms with Crippen molar-refractivity contribution in [1.82, 2.24) is 0 Å². The Morgan fingerprint density at radius 3 is 1.17 bits per heavy atom. The van der Waals surface area contributed by atoms with E-state index in [9.17, 15) is 0 Å². The van der Waals surface area contributed by atoms with Crippen LogP contribution in [0.3, 0.4) is 0 Å². The van der Waals surface area contributed by atoms with Gasteiger partial charge in [-0.1, -0.05) is 68.2 Å². The van der Waals surface area contributed by atoms with E-state index in [-0.39, 0.29) is 0 Å². The Bertz CT molecular complexity index is 403. The van der Waals surface area contributed by atoms with Gasteiger partial charge in [-0.25, -0.2) is 0 Å². The van der Waals surface area contributed by atoms with Crippen LogP contribution in [0.15, 0.2) is 0 Å². The summed E-state index contributed by atoms with van der Waals surface area (Å²) in [7, 11) is 0. The number of hydrogen-bond donors (Lipinski definition) is 0. The molecule has 6 rings (SSSR count). The molecular weight excluding hydrogens is 288 g/mol. The van der Waals surface area contributed by atoms with Gasteiger partial charge in [0.15, 0.2) is 0 Å². The Morgan fingerprint density at radius 1 is 0.625 bits per heavy atom. The van der Waals surface area contributed by atoms with Crippen LogP contribution in [0.25, 0.3) is 0 Å². The first-order chi connectivity index (χ1) is 11.1. The van der Waals surface area contributed by atoms with Crippen LogP contribution in [0.1, 0.15) is 93.9 Å². The topological polar surface area (TPSA) is 0 Å². The summed E-state index contributed by atoms with van der Waals surface area (Å²) in [6.07, 6.45) is 8.89. The van der Waals surface area contributed by atoms with Crippen molar-refractivity contribution in [2.24, 2.45) is 58.2 Å². The highest BCUT2D eigenvalue weighted by Gasteiger charge is 2.56. The number of hydrogen-bond acceptors (Lipinski definition) is 0. The largest absolute Gasteiger partial charge is 0.0651 e. The van der Waals surface area contributed by atoms with Gasteiger partial charge < -0.3 is 0 Å². The lowest BCUT2D eigenvalue weighted by Crippen LogP contribution is -2.54. The van der Waals surface area contributed by atoms with Crippen LogP contribution < -0.4 is 0 Å². The molecule has 0 aromatic rings. The fourth-order valence-corrected chi connectivity index (χ4v) is 7.78. The van der Waals surface area contributed by atoms with E-state index in [0.717, 1.165) is 47.3 Å². The first-order valence-corrected chi connectivity index (χ1v) is 11.1. The van der Waals surface area contributed by atoms with E-state index in [1.54, 1.807) is 0 Å². The van der Waals surface area contributed by atoms with E-state index in [1.807, 2.05) is 0 Å². The first kappa shape index (κ1) is 18.8. The maximum Gasteiger partial charge on any atom is -0.0295 e. The Labute approximate surface area is 152 Å². The Kier molecular flexibility index (Phi) is 4.94. The van der Waals surface area contributed by atoms with E-state index in [0.29, 0.717) is 10.8 Å². The second-order valence-corrected chi connectivity index (χ2v) is 11.3. The van der Waals surface area contributed by atoms with Gasteiger partial charge in [0.25, 0.3) is 0 Å². The summed E-state index contributed by atoms with van der Waals surface area (Å²) in [5.74, 6) is 8.29. The van der Waals surface area contributed by atoms with Gasteiger partial charge in [0.1, 0.15) is 0 Å². The van der Waals surface area contributed by atoms with Crippen molar-refractivity contribution in [3.8, 4) is 0 Å². The predicted molar refractivity (Wildman–Crippen MR) is 106 cm³/mol. The van der Waals surface area contributed by atoms with Gasteiger partial charge in [0, 0.05) is 0 Å². The Hall–Kier alpha value is 0. The van der Waals surface area contributed by atoms with Crippen molar-refractivity contribution in [2.45, 2.75) is 93.9 Å². The van der Waals surface area contributed by atoms with Crippen molar-refractivity contribution in [1.29, 1.82) is 0 Å². The SMILES string of the molecule is CC[C@@H]1C(C)C[C@@H]2C[C@H]1C2(C)C.CC[C@@H]1C(C)C[C@@H]2C[C@H]1C2(C)C. The smallest absolute Gasteiger partial charge is 0.0295 e. The summed E-state index contributed by atoms with van der Waals surface area (Å²) >= 11 is 0. The standard InChI is InChI=1S/2C12H22/c2*1-5-10-8(2)6-9-7-11(10)12(9,3)4/h2*8-11H,5-7H2,1-4H3/t2*8?,9-,10-,11-/m11/s1. The third kappa shape index (κ3) is 2.69. The number of fused-ring (bicyclic) bond motifs is 4. The third-order valence-electron chi connectivity index (χ3n) is 9.84. The predicted octanol–water partition coefficient (Wildman–Crippen LogP) is 7.43. The summed E-state index contributed by atoms with van der Waals surface area (Å²) in [6.45, 7) is 19.6. The highest BCUT2D eigenvalue weighted by atomic mass is 14.6. The van der Waals surface area contributed by atoms with Crippen molar-refractivity contribution in [3.05, 3.63) is 0 Å². The van der Waals surface area contributed by atoms with Gasteiger partial charge in [-0.2, -0.15) is 0 Å². The molecule has 0 aromatic carbocycles. The van der Waals surface area contributed by atoms with Crippen molar-refractivity contribution < 1.29 is 0 Å². The zero-order valence-electron chi connectivity index (χ0n) is 17.9. The molecule has 0 amide bonds. The van der Waals surface area contributed by atoms with E-state index in [4.69, 9.17) is 0 Å². The molecule has 140 valence electrons. The fraction of sp³-hybridized carbons (Fsp3) is 1.00. The van der Waals surface area contributed by atoms with Crippen LogP contribution in [-0.2, 0) is 0 Å². The summed E-state index contributed by atoms with van der Waals surface area (Å²) in [5, 5.41) is 0. The molecule has 4 bridgehead atoms. The van der Waals surface area contributed by atoms with Gasteiger partial charge >= 0.3 is 0 Å². The van der Waals surface area contributed by atoms with Crippen molar-refractivity contribution in [2.75, 3.05) is 0 Å². The van der Waals surface area contributed by atoms with Gasteiger partial charge in [-0.15, -0.1) is 0 Å². The highest BCUT2D eigenvalue weighted by molar-refractivity contribution is 5.05. The Morgan fingerprint density at radius 2 is 0.958 bits per heavy atom. The molecular formula is C24H44. The van der Waals surface area contributed by atoms with Gasteiger partial charge in [0.05, 0.1) is 0 Å². The molecule has 6 saturated carbocycles. The van der Waals surface area contributed by atoms with Crippen molar-refractivity contribution in [3.63, 3.8) is 0 Å². The highest BCUT2D eigenvalue weighted by Crippen LogP contribution is 2.64. The molecule has 0 spiro atoms. The van der Waals surface area contributed by atoms with Crippen LogP contribution in [-0.4, -0.2) is 0 Å². The molecule has 0 aliphatic heterocycles. The molecule has 24 heavy (non-hydrogen) atoms. The van der Waals surface area contributed by atoms with Gasteiger partial charge in [-0.3, -0.25) is 0 Å². The third-order valence-corrected chi connectivity index (χ3v) is 9.84. The molecule has 0 heterocycles. The summed E-state index contributed by atoms with van der Waals surface area (Å²) in [6, 6.07) is 0. The normalized spacial score (nSPS) is 50.0. The summed E-state index contributed by atoms with van der Waals surface area (Å²) in [5.41, 5.74) is 1.38. The van der Waals surface area contributed by atoms with Crippen LogP contribution in [0.4, 0.5) is 0 Å². The average molecular weight is 333 g/mol. The maximum atomic E-state index is 2.49. The fourth-order valence-electron chi connectivity index (χ4n) is 7.78. The zero-order chi connectivity index (χ0) is 17.9. The van der Waals surface area contributed by atoms with Gasteiger partial charge in [0.2, 0.25) is 0 Å². The van der Waals surface area contributed by atoms with E-state index < -0.39 is 0 Å². The minimum Gasteiger partial charge on any atom is -0.0651 e. The molecule has 2 unspecified atom stereocenters. The quantitative estimate of drug-likeness (QED) is 0.493. The minimum atomic E-state index is 0.688. The van der Waals surface area contributed by atoms with Gasteiger partial charge in [-0.05, 0) is 83.9 Å². The molecule has 0 heteroatoms. The number of rotatable bonds is 2. The zero-order valence-corrected chi connectivity index (χ0v) is 17.9. The van der Waals surface area contributed by atoms with E-state index in [1.165, 1.54) is 38.5 Å². The summed E-state index contributed by atoms with van der Waals surface area (Å²) in [4.78, 5) is 0. The average Bonchev–Trinajstić information content (AvgIpc) is 2.54. The second kappa shape index (κ2) is 6.31. The molecule has 6 aliphatic rings. The molecule has 0 aromatic heterocycles. The molecule has 0 saturated heterocycles. The van der Waals surface area contributed by atoms with Crippen LogP contribution in [0.5, 0.6) is 0 Å². The molecule has 8 atom stereocenters. The monoisotopic (exact) mass is 332 g/mol. The molecule has 6 fully saturated rings. The van der Waals surface area contributed by atoms with Crippen molar-refractivity contribution >= 4 is 0 Å². The van der Waals surface area contributed by atoms with Crippen LogP contribution in [0.2, 0.25) is 0 Å². The molecule has 0 N–H and O–H groups in total. The van der Waals surface area contributed by atoms with Crippen LogP contribution in [0, 0.1) is 58.2 Å².